The van der Waals surface area contributed by atoms with Crippen molar-refractivity contribution in [3.05, 3.63) is 53.3 Å². The molecule has 32 heavy (non-hydrogen) atoms. The van der Waals surface area contributed by atoms with Gasteiger partial charge in [-0.15, -0.1) is 0 Å². The number of aromatic nitrogens is 1. The lowest BCUT2D eigenvalue weighted by atomic mass is 9.95. The minimum Gasteiger partial charge on any atom is -0.543 e. The van der Waals surface area contributed by atoms with Crippen LogP contribution < -0.4 is 4.43 Å². The fourth-order valence-electron chi connectivity index (χ4n) is 4.21. The molecule has 1 N–H and O–H groups in total. The highest BCUT2D eigenvalue weighted by molar-refractivity contribution is 6.74. The molecule has 5 nitrogen and oxygen atoms in total. The van der Waals surface area contributed by atoms with Crippen LogP contribution in [-0.2, 0) is 0 Å². The number of aromatic amines is 1. The number of hydrogen-bond acceptors (Lipinski definition) is 3. The Morgan fingerprint density at radius 2 is 1.62 bits per heavy atom. The summed E-state index contributed by atoms with van der Waals surface area (Å²) < 4.78 is 20.6. The van der Waals surface area contributed by atoms with Gasteiger partial charge in [0.2, 0.25) is 8.32 Å². The number of benzene rings is 3. The van der Waals surface area contributed by atoms with Gasteiger partial charge >= 0.3 is 0 Å². The van der Waals surface area contributed by atoms with Crippen molar-refractivity contribution in [2.45, 2.75) is 38.9 Å². The lowest BCUT2D eigenvalue weighted by Gasteiger charge is -2.36. The lowest BCUT2D eigenvalue weighted by molar-refractivity contribution is 0.0694. The molecule has 7 heteroatoms. The minimum absolute atomic E-state index is 0.0365. The van der Waals surface area contributed by atoms with E-state index in [4.69, 9.17) is 4.43 Å². The third-order valence-corrected chi connectivity index (χ3v) is 11.4. The van der Waals surface area contributed by atoms with Gasteiger partial charge in [0.1, 0.15) is 11.6 Å². The van der Waals surface area contributed by atoms with Gasteiger partial charge in [-0.2, -0.15) is 0 Å². The van der Waals surface area contributed by atoms with Crippen molar-refractivity contribution in [2.75, 3.05) is 7.05 Å². The van der Waals surface area contributed by atoms with E-state index in [2.05, 4.69) is 38.8 Å². The summed E-state index contributed by atoms with van der Waals surface area (Å²) in [6.07, 6.45) is 0. The zero-order valence-electron chi connectivity index (χ0n) is 19.0. The Labute approximate surface area is 186 Å². The number of rotatable bonds is 2. The fraction of sp³-hybridized carbons (Fsp3) is 0.280. The number of nitrogens with zero attached hydrogens (tertiary/aromatic N) is 1. The molecule has 5 rings (SSSR count). The van der Waals surface area contributed by atoms with E-state index >= 15 is 0 Å². The molecule has 1 aliphatic heterocycles. The van der Waals surface area contributed by atoms with Crippen LogP contribution in [0.25, 0.3) is 32.6 Å². The summed E-state index contributed by atoms with van der Waals surface area (Å²) in [7, 11) is -0.607. The Bertz CT molecular complexity index is 1480. The molecule has 0 unspecified atom stereocenters. The predicted molar refractivity (Wildman–Crippen MR) is 128 cm³/mol. The summed E-state index contributed by atoms with van der Waals surface area (Å²) in [5.74, 6) is -0.499. The molecule has 2 amide bonds. The first-order valence-corrected chi connectivity index (χ1v) is 13.5. The summed E-state index contributed by atoms with van der Waals surface area (Å²) in [6, 6.07) is 10.2. The number of H-pyrrole nitrogens is 1. The van der Waals surface area contributed by atoms with Crippen molar-refractivity contribution in [1.29, 1.82) is 0 Å². The number of hydrogen-bond donors (Lipinski definition) is 1. The average Bonchev–Trinajstić information content (AvgIpc) is 3.18. The van der Waals surface area contributed by atoms with Crippen LogP contribution in [0.15, 0.2) is 36.4 Å². The fourth-order valence-corrected chi connectivity index (χ4v) is 5.23. The number of fused-ring (bicyclic) bond motifs is 8. The Kier molecular flexibility index (Phi) is 4.15. The monoisotopic (exact) mass is 448 g/mol. The standard InChI is InChI=1S/C25H25FN2O3Si/c1-25(2,3)32(5,6)31-14-8-10-18-17(12-14)19-21-20(23(29)28(4)24(21)30)16-11-13(26)7-9-15(16)22(19)27-18/h7-12,27H,1-6H3. The van der Waals surface area contributed by atoms with Crippen molar-refractivity contribution < 1.29 is 18.4 Å². The molecular formula is C25H25FN2O3Si. The Morgan fingerprint density at radius 1 is 0.938 bits per heavy atom. The minimum atomic E-state index is -2.07. The first-order valence-electron chi connectivity index (χ1n) is 10.6. The molecule has 4 aromatic rings. The molecule has 0 aliphatic carbocycles. The van der Waals surface area contributed by atoms with Crippen molar-refractivity contribution in [3.8, 4) is 5.75 Å². The van der Waals surface area contributed by atoms with Crippen LogP contribution in [0.4, 0.5) is 4.39 Å². The zero-order chi connectivity index (χ0) is 23.2. The molecular weight excluding hydrogens is 423 g/mol. The van der Waals surface area contributed by atoms with Crippen LogP contribution in [-0.4, -0.2) is 37.1 Å². The normalized spacial score (nSPS) is 14.8. The van der Waals surface area contributed by atoms with E-state index in [1.807, 2.05) is 18.2 Å². The maximum absolute atomic E-state index is 14.1. The largest absolute Gasteiger partial charge is 0.543 e. The van der Waals surface area contributed by atoms with Gasteiger partial charge < -0.3 is 9.41 Å². The van der Waals surface area contributed by atoms with E-state index in [1.54, 1.807) is 6.07 Å². The zero-order valence-corrected chi connectivity index (χ0v) is 20.0. The number of carbonyl (C=O) groups excluding carboxylic acids is 2. The highest BCUT2D eigenvalue weighted by atomic mass is 28.4. The molecule has 0 bridgehead atoms. The second-order valence-electron chi connectivity index (χ2n) is 10.1. The molecule has 1 aliphatic rings. The molecule has 0 saturated carbocycles. The van der Waals surface area contributed by atoms with Crippen LogP contribution >= 0.6 is 0 Å². The summed E-state index contributed by atoms with van der Waals surface area (Å²) in [5, 5.41) is 2.68. The molecule has 3 aromatic carbocycles. The van der Waals surface area contributed by atoms with Crippen LogP contribution in [0.2, 0.25) is 18.1 Å². The Balaban J connectivity index is 1.86. The van der Waals surface area contributed by atoms with Gasteiger partial charge in [0.15, 0.2) is 0 Å². The van der Waals surface area contributed by atoms with Crippen molar-refractivity contribution in [1.82, 2.24) is 9.88 Å². The van der Waals surface area contributed by atoms with Gasteiger partial charge in [-0.25, -0.2) is 4.39 Å². The highest BCUT2D eigenvalue weighted by Gasteiger charge is 2.40. The summed E-state index contributed by atoms with van der Waals surface area (Å²) in [4.78, 5) is 30.6. The smallest absolute Gasteiger partial charge is 0.262 e. The molecule has 1 aromatic heterocycles. The maximum Gasteiger partial charge on any atom is 0.262 e. The lowest BCUT2D eigenvalue weighted by Crippen LogP contribution is -2.43. The van der Waals surface area contributed by atoms with E-state index in [0.717, 1.165) is 27.1 Å². The third kappa shape index (κ3) is 2.73. The second-order valence-corrected chi connectivity index (χ2v) is 14.8. The van der Waals surface area contributed by atoms with Gasteiger partial charge in [-0.1, -0.05) is 20.8 Å². The number of carbonyl (C=O) groups is 2. The Morgan fingerprint density at radius 3 is 2.31 bits per heavy atom. The number of nitrogens with one attached hydrogen (secondary N) is 1. The first kappa shape index (κ1) is 20.7. The molecule has 2 heterocycles. The van der Waals surface area contributed by atoms with Gasteiger partial charge in [-0.3, -0.25) is 14.5 Å². The van der Waals surface area contributed by atoms with Crippen molar-refractivity contribution in [3.63, 3.8) is 0 Å². The number of amides is 2. The maximum atomic E-state index is 14.1. The van der Waals surface area contributed by atoms with E-state index in [0.29, 0.717) is 21.7 Å². The number of imide groups is 1. The van der Waals surface area contributed by atoms with Gasteiger partial charge in [-0.05, 0) is 54.5 Å². The van der Waals surface area contributed by atoms with Gasteiger partial charge in [0.05, 0.1) is 16.6 Å². The molecule has 0 atom stereocenters. The third-order valence-electron chi connectivity index (χ3n) is 7.01. The van der Waals surface area contributed by atoms with Gasteiger partial charge in [0.25, 0.3) is 11.8 Å². The summed E-state index contributed by atoms with van der Waals surface area (Å²) in [5.41, 5.74) is 2.13. The molecule has 0 saturated heterocycles. The highest BCUT2D eigenvalue weighted by Crippen LogP contribution is 2.43. The quantitative estimate of drug-likeness (QED) is 0.292. The van der Waals surface area contributed by atoms with E-state index in [-0.39, 0.29) is 16.5 Å². The van der Waals surface area contributed by atoms with Crippen molar-refractivity contribution >= 4 is 52.7 Å². The summed E-state index contributed by atoms with van der Waals surface area (Å²) >= 11 is 0. The van der Waals surface area contributed by atoms with Crippen molar-refractivity contribution in [2.24, 2.45) is 0 Å². The molecule has 164 valence electrons. The van der Waals surface area contributed by atoms with E-state index < -0.39 is 20.0 Å². The Hall–Kier alpha value is -3.19. The van der Waals surface area contributed by atoms with E-state index in [9.17, 15) is 14.0 Å². The molecule has 0 radical (unpaired) electrons. The van der Waals surface area contributed by atoms with Crippen LogP contribution in [0.1, 0.15) is 41.5 Å². The number of halogens is 1. The summed E-state index contributed by atoms with van der Waals surface area (Å²) in [6.45, 7) is 10.9. The second kappa shape index (κ2) is 6.42. The average molecular weight is 449 g/mol. The first-order chi connectivity index (χ1) is 14.9. The topological polar surface area (TPSA) is 62.4 Å². The SMILES string of the molecule is CN1C(=O)c2c(c3c4cc(O[Si](C)(C)C(C)(C)C)ccc4[nH]c3c3ccc(F)cc23)C1=O. The van der Waals surface area contributed by atoms with Gasteiger partial charge in [0, 0.05) is 34.1 Å². The van der Waals surface area contributed by atoms with Crippen LogP contribution in [0.5, 0.6) is 5.75 Å². The van der Waals surface area contributed by atoms with E-state index in [1.165, 1.54) is 19.2 Å². The van der Waals surface area contributed by atoms with Crippen LogP contribution in [0, 0.1) is 5.82 Å². The molecule has 0 fully saturated rings. The molecule has 0 spiro atoms. The predicted octanol–water partition coefficient (Wildman–Crippen LogP) is 6.22. The van der Waals surface area contributed by atoms with Crippen LogP contribution in [0.3, 0.4) is 0 Å².